The van der Waals surface area contributed by atoms with Crippen molar-refractivity contribution in [3.05, 3.63) is 98.4 Å². The Balaban J connectivity index is 1.60. The first kappa shape index (κ1) is 27.4. The number of amides is 2. The molecule has 3 aromatic rings. The third-order valence-corrected chi connectivity index (χ3v) is 8.15. The van der Waals surface area contributed by atoms with Gasteiger partial charge in [-0.3, -0.25) is 9.59 Å². The zero-order valence-corrected chi connectivity index (χ0v) is 24.1. The average molecular weight is 628 g/mol. The lowest BCUT2D eigenvalue weighted by atomic mass is 10.0. The van der Waals surface area contributed by atoms with E-state index in [0.29, 0.717) is 18.7 Å². The van der Waals surface area contributed by atoms with Crippen LogP contribution >= 0.6 is 31.9 Å². The molecule has 1 saturated carbocycles. The van der Waals surface area contributed by atoms with Crippen molar-refractivity contribution in [3.8, 4) is 5.75 Å². The number of carbonyl (C=O) groups excluding carboxylic acids is 2. The highest BCUT2D eigenvalue weighted by atomic mass is 79.9. The fourth-order valence-electron chi connectivity index (χ4n) is 4.64. The van der Waals surface area contributed by atoms with Crippen LogP contribution in [0.2, 0.25) is 0 Å². The Morgan fingerprint density at radius 2 is 1.68 bits per heavy atom. The Kier molecular flexibility index (Phi) is 9.81. The summed E-state index contributed by atoms with van der Waals surface area (Å²) in [7, 11) is 0. The molecule has 1 aliphatic carbocycles. The standard InChI is InChI=1S/C30H32Br2N2O3/c1-21-17-26(15-16-27(21)32)37-20-29(35)34(19-23-11-13-24(31)14-12-23)28(18-22-7-3-2-4-8-22)30(36)33-25-9-5-6-10-25/h2-4,7-8,11-17,25,28H,5-6,9-10,18-20H2,1H3,(H,33,36)/t28-/m0/s1. The van der Waals surface area contributed by atoms with Crippen LogP contribution in [0.1, 0.15) is 42.4 Å². The molecule has 0 saturated heterocycles. The van der Waals surface area contributed by atoms with E-state index in [1.165, 1.54) is 0 Å². The third-order valence-electron chi connectivity index (χ3n) is 6.73. The maximum Gasteiger partial charge on any atom is 0.261 e. The predicted molar refractivity (Wildman–Crippen MR) is 153 cm³/mol. The van der Waals surface area contributed by atoms with E-state index in [4.69, 9.17) is 4.74 Å². The smallest absolute Gasteiger partial charge is 0.261 e. The van der Waals surface area contributed by atoms with Crippen LogP contribution in [0.4, 0.5) is 0 Å². The minimum Gasteiger partial charge on any atom is -0.484 e. The molecule has 0 aromatic heterocycles. The first-order valence-corrected chi connectivity index (χ1v) is 14.2. The van der Waals surface area contributed by atoms with Gasteiger partial charge in [0.05, 0.1) is 0 Å². The van der Waals surface area contributed by atoms with Crippen LogP contribution in [0.3, 0.4) is 0 Å². The Morgan fingerprint density at radius 3 is 2.35 bits per heavy atom. The number of ether oxygens (including phenoxy) is 1. The molecule has 0 aliphatic heterocycles. The summed E-state index contributed by atoms with van der Waals surface area (Å²) in [6.07, 6.45) is 4.64. The number of hydrogen-bond acceptors (Lipinski definition) is 3. The van der Waals surface area contributed by atoms with E-state index >= 15 is 0 Å². The van der Waals surface area contributed by atoms with Gasteiger partial charge in [0.2, 0.25) is 5.91 Å². The second kappa shape index (κ2) is 13.2. The quantitative estimate of drug-likeness (QED) is 0.276. The molecule has 194 valence electrons. The Labute approximate surface area is 235 Å². The molecular weight excluding hydrogens is 596 g/mol. The Hall–Kier alpha value is -2.64. The Morgan fingerprint density at radius 1 is 0.973 bits per heavy atom. The van der Waals surface area contributed by atoms with Crippen molar-refractivity contribution in [1.29, 1.82) is 0 Å². The number of halogens is 2. The van der Waals surface area contributed by atoms with Crippen molar-refractivity contribution in [2.45, 2.75) is 57.7 Å². The van der Waals surface area contributed by atoms with Crippen molar-refractivity contribution in [1.82, 2.24) is 10.2 Å². The molecular formula is C30H32Br2N2O3. The van der Waals surface area contributed by atoms with Crippen molar-refractivity contribution < 1.29 is 14.3 Å². The average Bonchev–Trinajstić information content (AvgIpc) is 3.41. The van der Waals surface area contributed by atoms with Gasteiger partial charge in [0.25, 0.3) is 5.91 Å². The normalized spacial score (nSPS) is 14.2. The van der Waals surface area contributed by atoms with E-state index < -0.39 is 6.04 Å². The summed E-state index contributed by atoms with van der Waals surface area (Å²) in [6, 6.07) is 22.8. The van der Waals surface area contributed by atoms with E-state index in [0.717, 1.165) is 51.3 Å². The molecule has 0 radical (unpaired) electrons. The summed E-state index contributed by atoms with van der Waals surface area (Å²) in [5, 5.41) is 3.23. The van der Waals surface area contributed by atoms with Crippen molar-refractivity contribution >= 4 is 43.7 Å². The van der Waals surface area contributed by atoms with Crippen LogP contribution in [0.5, 0.6) is 5.75 Å². The van der Waals surface area contributed by atoms with Gasteiger partial charge in [-0.05, 0) is 66.8 Å². The number of nitrogens with zero attached hydrogens (tertiary/aromatic N) is 1. The van der Waals surface area contributed by atoms with Crippen LogP contribution in [-0.4, -0.2) is 35.4 Å². The number of aryl methyl sites for hydroxylation is 1. The van der Waals surface area contributed by atoms with Gasteiger partial charge in [0.15, 0.2) is 6.61 Å². The monoisotopic (exact) mass is 626 g/mol. The van der Waals surface area contributed by atoms with Crippen molar-refractivity contribution in [2.24, 2.45) is 0 Å². The minimum absolute atomic E-state index is 0.110. The molecule has 5 nitrogen and oxygen atoms in total. The number of hydrogen-bond donors (Lipinski definition) is 1. The van der Waals surface area contributed by atoms with Gasteiger partial charge in [-0.2, -0.15) is 0 Å². The van der Waals surface area contributed by atoms with Gasteiger partial charge < -0.3 is 15.0 Å². The van der Waals surface area contributed by atoms with Crippen molar-refractivity contribution in [2.75, 3.05) is 6.61 Å². The minimum atomic E-state index is -0.658. The zero-order chi connectivity index (χ0) is 26.2. The molecule has 0 spiro atoms. The van der Waals surface area contributed by atoms with Crippen LogP contribution in [0, 0.1) is 6.92 Å². The van der Waals surface area contributed by atoms with E-state index in [9.17, 15) is 9.59 Å². The van der Waals surface area contributed by atoms with Crippen LogP contribution in [-0.2, 0) is 22.6 Å². The highest BCUT2D eigenvalue weighted by Gasteiger charge is 2.32. The molecule has 1 atom stereocenters. The molecule has 1 aliphatic rings. The van der Waals surface area contributed by atoms with E-state index in [1.807, 2.05) is 79.7 Å². The third kappa shape index (κ3) is 7.92. The summed E-state index contributed by atoms with van der Waals surface area (Å²) in [5.74, 6) is 0.277. The molecule has 37 heavy (non-hydrogen) atoms. The molecule has 0 unspecified atom stereocenters. The fourth-order valence-corrected chi connectivity index (χ4v) is 5.15. The van der Waals surface area contributed by atoms with E-state index in [2.05, 4.69) is 37.2 Å². The zero-order valence-electron chi connectivity index (χ0n) is 21.0. The van der Waals surface area contributed by atoms with E-state index in [1.54, 1.807) is 4.90 Å². The topological polar surface area (TPSA) is 58.6 Å². The highest BCUT2D eigenvalue weighted by molar-refractivity contribution is 9.10. The summed E-state index contributed by atoms with van der Waals surface area (Å²) in [6.45, 7) is 2.13. The number of nitrogens with one attached hydrogen (secondary N) is 1. The molecule has 0 heterocycles. The Bertz CT molecular complexity index is 1200. The first-order valence-electron chi connectivity index (χ1n) is 12.7. The van der Waals surface area contributed by atoms with Gasteiger partial charge >= 0.3 is 0 Å². The van der Waals surface area contributed by atoms with Gasteiger partial charge in [0, 0.05) is 28.0 Å². The SMILES string of the molecule is Cc1cc(OCC(=O)N(Cc2ccc(Br)cc2)[C@@H](Cc2ccccc2)C(=O)NC2CCCC2)ccc1Br. The van der Waals surface area contributed by atoms with Crippen molar-refractivity contribution in [3.63, 3.8) is 0 Å². The molecule has 3 aromatic carbocycles. The predicted octanol–water partition coefficient (Wildman–Crippen LogP) is 6.60. The molecule has 2 amide bonds. The summed E-state index contributed by atoms with van der Waals surface area (Å²) < 4.78 is 7.85. The van der Waals surface area contributed by atoms with Gasteiger partial charge in [-0.15, -0.1) is 0 Å². The molecule has 7 heteroatoms. The van der Waals surface area contributed by atoms with Crippen LogP contribution in [0.25, 0.3) is 0 Å². The van der Waals surface area contributed by atoms with Crippen LogP contribution in [0.15, 0.2) is 81.7 Å². The lowest BCUT2D eigenvalue weighted by molar-refractivity contribution is -0.143. The first-order chi connectivity index (χ1) is 17.9. The lowest BCUT2D eigenvalue weighted by Crippen LogP contribution is -2.53. The van der Waals surface area contributed by atoms with Gasteiger partial charge in [-0.1, -0.05) is 87.2 Å². The molecule has 0 bridgehead atoms. The lowest BCUT2D eigenvalue weighted by Gasteiger charge is -2.32. The summed E-state index contributed by atoms with van der Waals surface area (Å²) in [5.41, 5.74) is 2.98. The fraction of sp³-hybridized carbons (Fsp3) is 0.333. The molecule has 4 rings (SSSR count). The van der Waals surface area contributed by atoms with Gasteiger partial charge in [-0.25, -0.2) is 0 Å². The van der Waals surface area contributed by atoms with Crippen LogP contribution < -0.4 is 10.1 Å². The second-order valence-electron chi connectivity index (χ2n) is 9.54. The van der Waals surface area contributed by atoms with E-state index in [-0.39, 0.29) is 24.5 Å². The number of benzene rings is 3. The number of carbonyl (C=O) groups is 2. The summed E-state index contributed by atoms with van der Waals surface area (Å²) in [4.78, 5) is 29.1. The second-order valence-corrected chi connectivity index (χ2v) is 11.3. The molecule has 1 fully saturated rings. The number of rotatable bonds is 10. The molecule has 1 N–H and O–H groups in total. The maximum absolute atomic E-state index is 13.7. The highest BCUT2D eigenvalue weighted by Crippen LogP contribution is 2.23. The summed E-state index contributed by atoms with van der Waals surface area (Å²) >= 11 is 6.98. The maximum atomic E-state index is 13.7. The largest absolute Gasteiger partial charge is 0.484 e. The van der Waals surface area contributed by atoms with Gasteiger partial charge in [0.1, 0.15) is 11.8 Å².